The van der Waals surface area contributed by atoms with Crippen molar-refractivity contribution in [3.63, 3.8) is 0 Å². The van der Waals surface area contributed by atoms with E-state index in [2.05, 4.69) is 5.32 Å². The number of hydrogen-bond acceptors (Lipinski definition) is 4. The van der Waals surface area contributed by atoms with Gasteiger partial charge in [-0.15, -0.1) is 0 Å². The Labute approximate surface area is 156 Å². The Morgan fingerprint density at radius 2 is 2.04 bits per heavy atom. The molecule has 0 spiro atoms. The molecule has 1 heterocycles. The highest BCUT2D eigenvalue weighted by Gasteiger charge is 2.21. The van der Waals surface area contributed by atoms with E-state index in [1.807, 2.05) is 30.3 Å². The van der Waals surface area contributed by atoms with Crippen molar-refractivity contribution in [3.05, 3.63) is 65.5 Å². The molecule has 2 aromatic carbocycles. The molecule has 1 aliphatic rings. The van der Waals surface area contributed by atoms with Crippen LogP contribution in [0.25, 0.3) is 0 Å². The molecule has 0 saturated carbocycles. The van der Waals surface area contributed by atoms with Gasteiger partial charge in [0.15, 0.2) is 6.61 Å². The fraction of sp³-hybridized carbons (Fsp3) is 0.300. The topological polar surface area (TPSA) is 67.9 Å². The molecule has 0 saturated heterocycles. The van der Waals surface area contributed by atoms with Crippen molar-refractivity contribution in [1.29, 1.82) is 0 Å². The van der Waals surface area contributed by atoms with Gasteiger partial charge in [0.2, 0.25) is 5.91 Å². The van der Waals surface area contributed by atoms with Crippen molar-refractivity contribution in [2.24, 2.45) is 0 Å². The van der Waals surface area contributed by atoms with E-state index >= 15 is 0 Å². The SMILES string of the molecule is O=C(COCc1ccccc1)NCCN1Cc2cc(F)ccc2OCC1=O. The Bertz CT molecular complexity index is 798. The number of benzene rings is 2. The van der Waals surface area contributed by atoms with Gasteiger partial charge in [0.25, 0.3) is 5.91 Å². The average Bonchev–Trinajstić information content (AvgIpc) is 2.81. The summed E-state index contributed by atoms with van der Waals surface area (Å²) in [7, 11) is 0. The smallest absolute Gasteiger partial charge is 0.260 e. The Morgan fingerprint density at radius 1 is 1.22 bits per heavy atom. The minimum Gasteiger partial charge on any atom is -0.483 e. The molecule has 1 aliphatic heterocycles. The zero-order chi connectivity index (χ0) is 19.1. The van der Waals surface area contributed by atoms with E-state index in [4.69, 9.17) is 9.47 Å². The van der Waals surface area contributed by atoms with Crippen molar-refractivity contribution in [2.45, 2.75) is 13.2 Å². The summed E-state index contributed by atoms with van der Waals surface area (Å²) in [6.45, 7) is 1.03. The van der Waals surface area contributed by atoms with Crippen LogP contribution < -0.4 is 10.1 Å². The van der Waals surface area contributed by atoms with Gasteiger partial charge in [-0.05, 0) is 23.8 Å². The van der Waals surface area contributed by atoms with Crippen molar-refractivity contribution in [2.75, 3.05) is 26.3 Å². The third kappa shape index (κ3) is 5.52. The molecular formula is C20H21FN2O4. The van der Waals surface area contributed by atoms with Crippen LogP contribution in [0.5, 0.6) is 5.75 Å². The number of nitrogens with one attached hydrogen (secondary N) is 1. The van der Waals surface area contributed by atoms with Crippen LogP contribution >= 0.6 is 0 Å². The van der Waals surface area contributed by atoms with E-state index in [9.17, 15) is 14.0 Å². The lowest BCUT2D eigenvalue weighted by Crippen LogP contribution is -2.40. The van der Waals surface area contributed by atoms with Gasteiger partial charge in [0.1, 0.15) is 18.2 Å². The number of amides is 2. The van der Waals surface area contributed by atoms with E-state index in [0.717, 1.165) is 5.56 Å². The van der Waals surface area contributed by atoms with E-state index < -0.39 is 0 Å². The van der Waals surface area contributed by atoms with Gasteiger partial charge in [-0.1, -0.05) is 30.3 Å². The monoisotopic (exact) mass is 372 g/mol. The van der Waals surface area contributed by atoms with Crippen molar-refractivity contribution >= 4 is 11.8 Å². The number of fused-ring (bicyclic) bond motifs is 1. The Hall–Kier alpha value is -2.93. The molecule has 2 amide bonds. The lowest BCUT2D eigenvalue weighted by molar-refractivity contribution is -0.134. The molecule has 142 valence electrons. The molecular weight excluding hydrogens is 351 g/mol. The maximum absolute atomic E-state index is 13.4. The maximum atomic E-state index is 13.4. The average molecular weight is 372 g/mol. The zero-order valence-corrected chi connectivity index (χ0v) is 14.8. The first-order chi connectivity index (χ1) is 13.1. The fourth-order valence-corrected chi connectivity index (χ4v) is 2.76. The van der Waals surface area contributed by atoms with Crippen LogP contribution in [0.1, 0.15) is 11.1 Å². The number of rotatable bonds is 7. The molecule has 6 nitrogen and oxygen atoms in total. The molecule has 0 radical (unpaired) electrons. The van der Waals surface area contributed by atoms with Crippen molar-refractivity contribution < 1.29 is 23.5 Å². The van der Waals surface area contributed by atoms with Gasteiger partial charge >= 0.3 is 0 Å². The normalized spacial score (nSPS) is 13.5. The van der Waals surface area contributed by atoms with E-state index in [0.29, 0.717) is 24.5 Å². The molecule has 0 aliphatic carbocycles. The maximum Gasteiger partial charge on any atom is 0.260 e. The third-order valence-electron chi connectivity index (χ3n) is 4.14. The number of hydrogen-bond donors (Lipinski definition) is 1. The summed E-state index contributed by atoms with van der Waals surface area (Å²) in [6, 6.07) is 13.8. The summed E-state index contributed by atoms with van der Waals surface area (Å²) in [5.74, 6) is -0.335. The first-order valence-corrected chi connectivity index (χ1v) is 8.69. The molecule has 3 rings (SSSR count). The van der Waals surface area contributed by atoms with Gasteiger partial charge in [0, 0.05) is 25.2 Å². The second-order valence-corrected chi connectivity index (χ2v) is 6.18. The number of carbonyl (C=O) groups excluding carboxylic acids is 2. The summed E-state index contributed by atoms with van der Waals surface area (Å²) in [4.78, 5) is 25.5. The van der Waals surface area contributed by atoms with Gasteiger partial charge < -0.3 is 19.7 Å². The number of halogens is 1. The Balaban J connectivity index is 1.42. The number of nitrogens with zero attached hydrogens (tertiary/aromatic N) is 1. The second-order valence-electron chi connectivity index (χ2n) is 6.18. The standard InChI is InChI=1S/C20H21FN2O4/c21-17-6-7-18-16(10-17)11-23(20(25)14-27-18)9-8-22-19(24)13-26-12-15-4-2-1-3-5-15/h1-7,10H,8-9,11-14H2,(H,22,24). The predicted molar refractivity (Wildman–Crippen MR) is 96.4 cm³/mol. The Morgan fingerprint density at radius 3 is 2.85 bits per heavy atom. The van der Waals surface area contributed by atoms with E-state index in [1.165, 1.54) is 23.1 Å². The van der Waals surface area contributed by atoms with Crippen LogP contribution in [0.3, 0.4) is 0 Å². The van der Waals surface area contributed by atoms with Crippen LogP contribution in [0.2, 0.25) is 0 Å². The molecule has 0 aromatic heterocycles. The summed E-state index contributed by atoms with van der Waals surface area (Å²) < 4.78 is 24.2. The zero-order valence-electron chi connectivity index (χ0n) is 14.8. The Kier molecular flexibility index (Phi) is 6.38. The summed E-state index contributed by atoms with van der Waals surface area (Å²) in [5.41, 5.74) is 1.60. The number of ether oxygens (including phenoxy) is 2. The number of carbonyl (C=O) groups is 2. The summed E-state index contributed by atoms with van der Waals surface area (Å²) in [6.07, 6.45) is 0. The van der Waals surface area contributed by atoms with Gasteiger partial charge in [0.05, 0.1) is 6.61 Å². The highest BCUT2D eigenvalue weighted by Crippen LogP contribution is 2.24. The van der Waals surface area contributed by atoms with Crippen LogP contribution in [0, 0.1) is 5.82 Å². The van der Waals surface area contributed by atoms with Crippen molar-refractivity contribution in [1.82, 2.24) is 10.2 Å². The quantitative estimate of drug-likeness (QED) is 0.806. The van der Waals surface area contributed by atoms with Crippen molar-refractivity contribution in [3.8, 4) is 5.75 Å². The minimum absolute atomic E-state index is 0.0556. The fourth-order valence-electron chi connectivity index (χ4n) is 2.76. The highest BCUT2D eigenvalue weighted by atomic mass is 19.1. The van der Waals surface area contributed by atoms with E-state index in [1.54, 1.807) is 0 Å². The van der Waals surface area contributed by atoms with Gasteiger partial charge in [-0.3, -0.25) is 9.59 Å². The lowest BCUT2D eigenvalue weighted by atomic mass is 10.2. The van der Waals surface area contributed by atoms with Gasteiger partial charge in [-0.25, -0.2) is 4.39 Å². The van der Waals surface area contributed by atoms with Crippen LogP contribution in [-0.2, 0) is 27.5 Å². The molecule has 0 atom stereocenters. The summed E-state index contributed by atoms with van der Waals surface area (Å²) in [5, 5.41) is 2.72. The molecule has 0 fully saturated rings. The molecule has 0 bridgehead atoms. The van der Waals surface area contributed by atoms with Gasteiger partial charge in [-0.2, -0.15) is 0 Å². The first kappa shape index (κ1) is 18.8. The highest BCUT2D eigenvalue weighted by molar-refractivity contribution is 5.79. The first-order valence-electron chi connectivity index (χ1n) is 8.69. The molecule has 7 heteroatoms. The van der Waals surface area contributed by atoms with Crippen LogP contribution in [0.4, 0.5) is 4.39 Å². The molecule has 27 heavy (non-hydrogen) atoms. The predicted octanol–water partition coefficient (Wildman–Crippen LogP) is 1.88. The third-order valence-corrected chi connectivity index (χ3v) is 4.14. The molecule has 1 N–H and O–H groups in total. The molecule has 0 unspecified atom stereocenters. The van der Waals surface area contributed by atoms with Crippen LogP contribution in [0.15, 0.2) is 48.5 Å². The lowest BCUT2D eigenvalue weighted by Gasteiger charge is -2.20. The minimum atomic E-state index is -0.379. The molecule has 2 aromatic rings. The van der Waals surface area contributed by atoms with Crippen LogP contribution in [-0.4, -0.2) is 43.0 Å². The summed E-state index contributed by atoms with van der Waals surface area (Å²) >= 11 is 0. The van der Waals surface area contributed by atoms with E-state index in [-0.39, 0.29) is 43.9 Å². The largest absolute Gasteiger partial charge is 0.483 e. The second kappa shape index (κ2) is 9.14.